The molecule has 1 aliphatic heterocycles. The number of rotatable bonds is 2. The summed E-state index contributed by atoms with van der Waals surface area (Å²) in [5.74, 6) is 1.58. The van der Waals surface area contributed by atoms with Crippen LogP contribution in [0.4, 0.5) is 0 Å². The lowest BCUT2D eigenvalue weighted by molar-refractivity contribution is 0.111. The highest BCUT2D eigenvalue weighted by atomic mass is 16.7. The summed E-state index contributed by atoms with van der Waals surface area (Å²) in [6, 6.07) is 7.26. The van der Waals surface area contributed by atoms with Gasteiger partial charge in [0.05, 0.1) is 5.69 Å². The maximum Gasteiger partial charge on any atom is 0.231 e. The SMILES string of the molecule is O=Cc1nccc(-c2ccc3c(c2)OCO3)n1. The van der Waals surface area contributed by atoms with E-state index in [9.17, 15) is 4.79 Å². The Balaban J connectivity index is 2.06. The van der Waals surface area contributed by atoms with Crippen molar-refractivity contribution < 1.29 is 14.3 Å². The zero-order valence-electron chi connectivity index (χ0n) is 8.79. The third-order valence-corrected chi connectivity index (χ3v) is 2.45. The van der Waals surface area contributed by atoms with E-state index in [1.54, 1.807) is 12.3 Å². The van der Waals surface area contributed by atoms with Gasteiger partial charge >= 0.3 is 0 Å². The van der Waals surface area contributed by atoms with E-state index >= 15 is 0 Å². The molecule has 1 aromatic carbocycles. The summed E-state index contributed by atoms with van der Waals surface area (Å²) in [6.45, 7) is 0.238. The lowest BCUT2D eigenvalue weighted by Gasteiger charge is -2.02. The van der Waals surface area contributed by atoms with Gasteiger partial charge in [-0.15, -0.1) is 0 Å². The fourth-order valence-corrected chi connectivity index (χ4v) is 1.65. The molecule has 5 heteroatoms. The third kappa shape index (κ3) is 1.71. The Bertz CT molecular complexity index is 584. The first kappa shape index (κ1) is 9.77. The minimum absolute atomic E-state index is 0.167. The van der Waals surface area contributed by atoms with Gasteiger partial charge in [-0.1, -0.05) is 0 Å². The molecule has 2 aromatic rings. The first-order valence-electron chi connectivity index (χ1n) is 5.05. The van der Waals surface area contributed by atoms with Crippen LogP contribution in [0.2, 0.25) is 0 Å². The third-order valence-electron chi connectivity index (χ3n) is 2.45. The highest BCUT2D eigenvalue weighted by Gasteiger charge is 2.14. The summed E-state index contributed by atoms with van der Waals surface area (Å²) in [6.07, 6.45) is 2.17. The summed E-state index contributed by atoms with van der Waals surface area (Å²) in [7, 11) is 0. The number of hydrogen-bond donors (Lipinski definition) is 0. The fourth-order valence-electron chi connectivity index (χ4n) is 1.65. The maximum atomic E-state index is 10.6. The minimum Gasteiger partial charge on any atom is -0.454 e. The number of aromatic nitrogens is 2. The number of ether oxygens (including phenoxy) is 2. The molecule has 0 amide bonds. The fraction of sp³-hybridized carbons (Fsp3) is 0.0833. The molecule has 84 valence electrons. The standard InChI is InChI=1S/C12H8N2O3/c15-6-12-13-4-3-9(14-12)8-1-2-10-11(5-8)17-7-16-10/h1-6H,7H2. The second-order valence-electron chi connectivity index (χ2n) is 3.49. The molecule has 2 heterocycles. The van der Waals surface area contributed by atoms with Crippen LogP contribution in [0.25, 0.3) is 11.3 Å². The number of carbonyl (C=O) groups excluding carboxylic acids is 1. The van der Waals surface area contributed by atoms with Gasteiger partial charge in [-0.3, -0.25) is 4.79 Å². The molecular formula is C12H8N2O3. The van der Waals surface area contributed by atoms with Crippen LogP contribution in [-0.2, 0) is 0 Å². The lowest BCUT2D eigenvalue weighted by atomic mass is 10.1. The maximum absolute atomic E-state index is 10.6. The number of hydrogen-bond acceptors (Lipinski definition) is 5. The Hall–Kier alpha value is -2.43. The Labute approximate surface area is 97.0 Å². The van der Waals surface area contributed by atoms with E-state index in [1.165, 1.54) is 0 Å². The molecule has 0 radical (unpaired) electrons. The van der Waals surface area contributed by atoms with Gasteiger partial charge < -0.3 is 9.47 Å². The summed E-state index contributed by atoms with van der Waals surface area (Å²) in [5, 5.41) is 0. The summed E-state index contributed by atoms with van der Waals surface area (Å²) >= 11 is 0. The van der Waals surface area contributed by atoms with Crippen molar-refractivity contribution in [3.63, 3.8) is 0 Å². The predicted molar refractivity (Wildman–Crippen MR) is 59.0 cm³/mol. The molecule has 0 N–H and O–H groups in total. The highest BCUT2D eigenvalue weighted by molar-refractivity contribution is 5.71. The van der Waals surface area contributed by atoms with E-state index in [-0.39, 0.29) is 12.6 Å². The average Bonchev–Trinajstić information content (AvgIpc) is 2.86. The van der Waals surface area contributed by atoms with Gasteiger partial charge in [0.2, 0.25) is 6.79 Å². The van der Waals surface area contributed by atoms with Crippen LogP contribution in [-0.4, -0.2) is 23.0 Å². The molecule has 0 spiro atoms. The Morgan fingerprint density at radius 2 is 2.06 bits per heavy atom. The van der Waals surface area contributed by atoms with Crippen molar-refractivity contribution in [3.8, 4) is 22.8 Å². The quantitative estimate of drug-likeness (QED) is 0.732. The van der Waals surface area contributed by atoms with E-state index < -0.39 is 0 Å². The van der Waals surface area contributed by atoms with Crippen molar-refractivity contribution in [2.45, 2.75) is 0 Å². The molecule has 0 fully saturated rings. The first-order valence-corrected chi connectivity index (χ1v) is 5.05. The highest BCUT2D eigenvalue weighted by Crippen LogP contribution is 2.35. The van der Waals surface area contributed by atoms with E-state index in [4.69, 9.17) is 9.47 Å². The van der Waals surface area contributed by atoms with E-state index in [0.29, 0.717) is 17.7 Å². The van der Waals surface area contributed by atoms with Gasteiger partial charge in [0.15, 0.2) is 23.6 Å². The molecule has 5 nitrogen and oxygen atoms in total. The molecule has 1 aromatic heterocycles. The van der Waals surface area contributed by atoms with Gasteiger partial charge in [0.25, 0.3) is 0 Å². The van der Waals surface area contributed by atoms with Crippen molar-refractivity contribution in [2.75, 3.05) is 6.79 Å². The molecule has 1 aliphatic rings. The topological polar surface area (TPSA) is 61.3 Å². The zero-order valence-corrected chi connectivity index (χ0v) is 8.79. The summed E-state index contributed by atoms with van der Waals surface area (Å²) in [4.78, 5) is 18.5. The number of aldehydes is 1. The molecule has 3 rings (SSSR count). The number of fused-ring (bicyclic) bond motifs is 1. The summed E-state index contributed by atoms with van der Waals surface area (Å²) < 4.78 is 10.5. The minimum atomic E-state index is 0.167. The van der Waals surface area contributed by atoms with Crippen molar-refractivity contribution in [1.29, 1.82) is 0 Å². The molecule has 0 atom stereocenters. The molecule has 17 heavy (non-hydrogen) atoms. The van der Waals surface area contributed by atoms with Crippen LogP contribution in [0.5, 0.6) is 11.5 Å². The van der Waals surface area contributed by atoms with Crippen molar-refractivity contribution in [3.05, 3.63) is 36.3 Å². The monoisotopic (exact) mass is 228 g/mol. The van der Waals surface area contributed by atoms with Crippen LogP contribution in [0.15, 0.2) is 30.5 Å². The molecule has 0 saturated heterocycles. The van der Waals surface area contributed by atoms with Crippen molar-refractivity contribution in [2.24, 2.45) is 0 Å². The first-order chi connectivity index (χ1) is 8.36. The average molecular weight is 228 g/mol. The van der Waals surface area contributed by atoms with Gasteiger partial charge in [0, 0.05) is 11.8 Å². The molecule has 0 aliphatic carbocycles. The van der Waals surface area contributed by atoms with Crippen LogP contribution in [0.1, 0.15) is 10.6 Å². The van der Waals surface area contributed by atoms with Gasteiger partial charge in [0.1, 0.15) is 0 Å². The zero-order chi connectivity index (χ0) is 11.7. The number of carbonyl (C=O) groups is 1. The predicted octanol–water partition coefficient (Wildman–Crippen LogP) is 1.68. The van der Waals surface area contributed by atoms with Crippen LogP contribution < -0.4 is 9.47 Å². The van der Waals surface area contributed by atoms with Gasteiger partial charge in [-0.2, -0.15) is 0 Å². The van der Waals surface area contributed by atoms with Crippen LogP contribution >= 0.6 is 0 Å². The molecular weight excluding hydrogens is 220 g/mol. The van der Waals surface area contributed by atoms with E-state index in [2.05, 4.69) is 9.97 Å². The van der Waals surface area contributed by atoms with Crippen LogP contribution in [0.3, 0.4) is 0 Å². The molecule has 0 unspecified atom stereocenters. The number of benzene rings is 1. The van der Waals surface area contributed by atoms with Gasteiger partial charge in [-0.05, 0) is 24.3 Å². The van der Waals surface area contributed by atoms with Crippen LogP contribution in [0, 0.1) is 0 Å². The molecule has 0 bridgehead atoms. The Morgan fingerprint density at radius 3 is 2.94 bits per heavy atom. The lowest BCUT2D eigenvalue weighted by Crippen LogP contribution is -1.94. The number of nitrogens with zero attached hydrogens (tertiary/aromatic N) is 2. The van der Waals surface area contributed by atoms with E-state index in [0.717, 1.165) is 11.3 Å². The largest absolute Gasteiger partial charge is 0.454 e. The summed E-state index contributed by atoms with van der Waals surface area (Å²) in [5.41, 5.74) is 1.54. The second-order valence-corrected chi connectivity index (χ2v) is 3.49. The second kappa shape index (κ2) is 3.86. The normalized spacial score (nSPS) is 12.5. The van der Waals surface area contributed by atoms with Crippen molar-refractivity contribution >= 4 is 6.29 Å². The van der Waals surface area contributed by atoms with Gasteiger partial charge in [-0.25, -0.2) is 9.97 Å². The van der Waals surface area contributed by atoms with Crippen molar-refractivity contribution in [1.82, 2.24) is 9.97 Å². The Kier molecular flexibility index (Phi) is 2.22. The Morgan fingerprint density at radius 1 is 1.18 bits per heavy atom. The van der Waals surface area contributed by atoms with E-state index in [1.807, 2.05) is 18.2 Å². The smallest absolute Gasteiger partial charge is 0.231 e. The molecule has 0 saturated carbocycles.